The molecule has 9 heteroatoms. The zero-order chi connectivity index (χ0) is 14.8. The first kappa shape index (κ1) is 14.3. The number of carboxylic acid groups (broad SMARTS) is 1. The highest BCUT2D eigenvalue weighted by atomic mass is 32.1. The molecule has 20 heavy (non-hydrogen) atoms. The summed E-state index contributed by atoms with van der Waals surface area (Å²) >= 11 is 1.10. The molecule has 0 atom stereocenters. The van der Waals surface area contributed by atoms with E-state index in [4.69, 9.17) is 5.11 Å². The molecule has 0 aromatic carbocycles. The number of pyridine rings is 1. The maximum Gasteiger partial charge on any atom is 0.416 e. The number of aromatic nitrogens is 2. The van der Waals surface area contributed by atoms with Gasteiger partial charge < -0.3 is 10.4 Å². The minimum Gasteiger partial charge on any atom is -0.476 e. The second-order valence-corrected chi connectivity index (χ2v) is 4.66. The first-order valence-electron chi connectivity index (χ1n) is 5.31. The monoisotopic (exact) mass is 303 g/mol. The van der Waals surface area contributed by atoms with Gasteiger partial charge >= 0.3 is 12.1 Å². The number of hydrogen-bond donors (Lipinski definition) is 2. The quantitative estimate of drug-likeness (QED) is 0.908. The molecule has 2 rings (SSSR count). The number of thiazole rings is 1. The number of nitrogens with zero attached hydrogens (tertiary/aromatic N) is 2. The van der Waals surface area contributed by atoms with Crippen molar-refractivity contribution < 1.29 is 23.1 Å². The standard InChI is InChI=1S/C11H8F3N3O2S/c12-11(13,14)6-1-2-15-8(3-6)16-4-9-17-7(5-20-9)10(18)19/h1-3,5H,4H2,(H,15,16)(H,18,19). The Bertz CT molecular complexity index is 627. The summed E-state index contributed by atoms with van der Waals surface area (Å²) in [6, 6.07) is 1.75. The fourth-order valence-electron chi connectivity index (χ4n) is 1.36. The van der Waals surface area contributed by atoms with Crippen molar-refractivity contribution in [1.82, 2.24) is 9.97 Å². The molecule has 0 aliphatic heterocycles. The Kier molecular flexibility index (Phi) is 3.89. The van der Waals surface area contributed by atoms with Gasteiger partial charge in [0.1, 0.15) is 10.8 Å². The lowest BCUT2D eigenvalue weighted by Gasteiger charge is -2.08. The van der Waals surface area contributed by atoms with Gasteiger partial charge in [-0.3, -0.25) is 0 Å². The molecule has 106 valence electrons. The van der Waals surface area contributed by atoms with Gasteiger partial charge in [-0.05, 0) is 12.1 Å². The molecule has 2 aromatic rings. The van der Waals surface area contributed by atoms with Crippen LogP contribution < -0.4 is 5.32 Å². The Balaban J connectivity index is 2.05. The third kappa shape index (κ3) is 3.44. The predicted octanol–water partition coefficient (Wildman–Crippen LogP) is 2.87. The Morgan fingerprint density at radius 3 is 2.80 bits per heavy atom. The number of carbonyl (C=O) groups is 1. The number of alkyl halides is 3. The van der Waals surface area contributed by atoms with E-state index in [1.807, 2.05) is 0 Å². The fraction of sp³-hybridized carbons (Fsp3) is 0.182. The van der Waals surface area contributed by atoms with E-state index in [1.165, 1.54) is 5.38 Å². The molecule has 0 saturated heterocycles. The minimum absolute atomic E-state index is 0.0481. The molecule has 0 unspecified atom stereocenters. The summed E-state index contributed by atoms with van der Waals surface area (Å²) in [6.07, 6.45) is -3.38. The minimum atomic E-state index is -4.43. The molecule has 0 aliphatic carbocycles. The summed E-state index contributed by atoms with van der Waals surface area (Å²) in [6.45, 7) is 0.103. The number of anilines is 1. The van der Waals surface area contributed by atoms with Gasteiger partial charge in [0.2, 0.25) is 0 Å². The Morgan fingerprint density at radius 2 is 2.20 bits per heavy atom. The van der Waals surface area contributed by atoms with Crippen LogP contribution in [0.1, 0.15) is 21.1 Å². The molecule has 0 fully saturated rings. The molecular weight excluding hydrogens is 295 g/mol. The molecule has 0 bridgehead atoms. The third-order valence-corrected chi connectivity index (χ3v) is 3.13. The molecule has 2 N–H and O–H groups in total. The van der Waals surface area contributed by atoms with Crippen molar-refractivity contribution in [2.75, 3.05) is 5.32 Å². The average Bonchev–Trinajstić information content (AvgIpc) is 2.85. The Hall–Kier alpha value is -2.16. The van der Waals surface area contributed by atoms with Gasteiger partial charge in [0.25, 0.3) is 0 Å². The SMILES string of the molecule is O=C(O)c1csc(CNc2cc(C(F)(F)F)ccn2)n1. The van der Waals surface area contributed by atoms with Crippen LogP contribution in [0.3, 0.4) is 0 Å². The van der Waals surface area contributed by atoms with Crippen LogP contribution >= 0.6 is 11.3 Å². The van der Waals surface area contributed by atoms with Crippen molar-refractivity contribution in [3.05, 3.63) is 40.0 Å². The highest BCUT2D eigenvalue weighted by Crippen LogP contribution is 2.29. The normalized spacial score (nSPS) is 11.3. The summed E-state index contributed by atoms with van der Waals surface area (Å²) in [5.74, 6) is -1.10. The van der Waals surface area contributed by atoms with Crippen LogP contribution in [0.4, 0.5) is 19.0 Å². The fourth-order valence-corrected chi connectivity index (χ4v) is 2.07. The average molecular weight is 303 g/mol. The second kappa shape index (κ2) is 5.45. The van der Waals surface area contributed by atoms with Crippen molar-refractivity contribution in [1.29, 1.82) is 0 Å². The van der Waals surface area contributed by atoms with E-state index in [0.29, 0.717) is 5.01 Å². The molecule has 2 aromatic heterocycles. The lowest BCUT2D eigenvalue weighted by Crippen LogP contribution is -2.07. The molecule has 0 spiro atoms. The zero-order valence-electron chi connectivity index (χ0n) is 9.81. The molecule has 0 radical (unpaired) electrons. The van der Waals surface area contributed by atoms with Crippen LogP contribution in [0.2, 0.25) is 0 Å². The van der Waals surface area contributed by atoms with E-state index < -0.39 is 17.7 Å². The third-order valence-electron chi connectivity index (χ3n) is 2.28. The van der Waals surface area contributed by atoms with Gasteiger partial charge in [0.05, 0.1) is 12.1 Å². The lowest BCUT2D eigenvalue weighted by molar-refractivity contribution is -0.137. The van der Waals surface area contributed by atoms with Crippen molar-refractivity contribution in [3.63, 3.8) is 0 Å². The first-order valence-corrected chi connectivity index (χ1v) is 6.19. The van der Waals surface area contributed by atoms with Crippen LogP contribution in [-0.2, 0) is 12.7 Å². The van der Waals surface area contributed by atoms with Gasteiger partial charge in [-0.15, -0.1) is 11.3 Å². The molecule has 0 amide bonds. The van der Waals surface area contributed by atoms with E-state index >= 15 is 0 Å². The predicted molar refractivity (Wildman–Crippen MR) is 65.6 cm³/mol. The summed E-state index contributed by atoms with van der Waals surface area (Å²) in [5, 5.41) is 13.2. The highest BCUT2D eigenvalue weighted by Gasteiger charge is 2.30. The van der Waals surface area contributed by atoms with Gasteiger partial charge in [-0.1, -0.05) is 0 Å². The summed E-state index contributed by atoms with van der Waals surface area (Å²) < 4.78 is 37.5. The van der Waals surface area contributed by atoms with Crippen LogP contribution in [0.5, 0.6) is 0 Å². The summed E-state index contributed by atoms with van der Waals surface area (Å²) in [5.41, 5.74) is -0.899. The van der Waals surface area contributed by atoms with Gasteiger partial charge in [-0.2, -0.15) is 13.2 Å². The van der Waals surface area contributed by atoms with E-state index in [-0.39, 0.29) is 18.1 Å². The summed E-state index contributed by atoms with van der Waals surface area (Å²) in [4.78, 5) is 18.2. The highest BCUT2D eigenvalue weighted by molar-refractivity contribution is 7.09. The topological polar surface area (TPSA) is 75.1 Å². The van der Waals surface area contributed by atoms with E-state index in [2.05, 4.69) is 15.3 Å². The van der Waals surface area contributed by atoms with Gasteiger partial charge in [0.15, 0.2) is 5.69 Å². The van der Waals surface area contributed by atoms with Crippen LogP contribution in [-0.4, -0.2) is 21.0 Å². The summed E-state index contributed by atoms with van der Waals surface area (Å²) in [7, 11) is 0. The maximum absolute atomic E-state index is 12.5. The van der Waals surface area contributed by atoms with E-state index in [0.717, 1.165) is 29.7 Å². The van der Waals surface area contributed by atoms with Crippen molar-refractivity contribution in [2.45, 2.75) is 12.7 Å². The van der Waals surface area contributed by atoms with Crippen LogP contribution in [0.25, 0.3) is 0 Å². The molecule has 0 aliphatic rings. The molecule has 5 nitrogen and oxygen atoms in total. The largest absolute Gasteiger partial charge is 0.476 e. The smallest absolute Gasteiger partial charge is 0.416 e. The van der Waals surface area contributed by atoms with Gasteiger partial charge in [0, 0.05) is 11.6 Å². The first-order chi connectivity index (χ1) is 9.36. The lowest BCUT2D eigenvalue weighted by atomic mass is 10.2. The molecular formula is C11H8F3N3O2S. The van der Waals surface area contributed by atoms with E-state index in [1.54, 1.807) is 0 Å². The number of nitrogens with one attached hydrogen (secondary N) is 1. The molecule has 2 heterocycles. The van der Waals surface area contributed by atoms with Crippen LogP contribution in [0.15, 0.2) is 23.7 Å². The number of aromatic carboxylic acids is 1. The zero-order valence-corrected chi connectivity index (χ0v) is 10.6. The van der Waals surface area contributed by atoms with Crippen molar-refractivity contribution >= 4 is 23.1 Å². The Morgan fingerprint density at radius 1 is 1.45 bits per heavy atom. The number of halogens is 3. The van der Waals surface area contributed by atoms with E-state index in [9.17, 15) is 18.0 Å². The molecule has 0 saturated carbocycles. The Labute approximate surface area is 115 Å². The number of rotatable bonds is 4. The number of hydrogen-bond acceptors (Lipinski definition) is 5. The second-order valence-electron chi connectivity index (χ2n) is 3.71. The number of carboxylic acids is 1. The van der Waals surface area contributed by atoms with Crippen molar-refractivity contribution in [3.8, 4) is 0 Å². The van der Waals surface area contributed by atoms with Gasteiger partial charge in [-0.25, -0.2) is 14.8 Å². The maximum atomic E-state index is 12.5. The van der Waals surface area contributed by atoms with Crippen molar-refractivity contribution in [2.24, 2.45) is 0 Å². The van der Waals surface area contributed by atoms with Crippen LogP contribution in [0, 0.1) is 0 Å².